The molecule has 0 bridgehead atoms. The van der Waals surface area contributed by atoms with Crippen LogP contribution < -0.4 is 0 Å². The Hall–Kier alpha value is -1.10. The first-order valence-corrected chi connectivity index (χ1v) is 7.79. The summed E-state index contributed by atoms with van der Waals surface area (Å²) in [7, 11) is 0. The highest BCUT2D eigenvalue weighted by molar-refractivity contribution is 7.71. The van der Waals surface area contributed by atoms with Crippen LogP contribution >= 0.6 is 35.2 Å². The summed E-state index contributed by atoms with van der Waals surface area (Å²) in [4.78, 5) is 4.59. The summed E-state index contributed by atoms with van der Waals surface area (Å²) in [5.74, 6) is 0. The number of nitrogens with zero attached hydrogens (tertiary/aromatic N) is 1. The summed E-state index contributed by atoms with van der Waals surface area (Å²) in [6, 6.07) is 8.00. The average molecular weight is 309 g/mol. The predicted octanol–water partition coefficient (Wildman–Crippen LogP) is 5.02. The molecule has 98 valence electrons. The molecule has 0 atom stereocenters. The SMILES string of the molecule is CCc1ccsc1Cn1c(=S)[nH]c2ccc(Cl)cc21. The van der Waals surface area contributed by atoms with Gasteiger partial charge in [-0.15, -0.1) is 11.3 Å². The molecule has 2 nitrogen and oxygen atoms in total. The quantitative estimate of drug-likeness (QED) is 0.673. The molecular weight excluding hydrogens is 296 g/mol. The second-order valence-corrected chi connectivity index (χ2v) is 6.22. The van der Waals surface area contributed by atoms with Crippen molar-refractivity contribution in [3.63, 3.8) is 0 Å². The van der Waals surface area contributed by atoms with Gasteiger partial charge in [-0.1, -0.05) is 18.5 Å². The molecule has 2 aromatic heterocycles. The van der Waals surface area contributed by atoms with Crippen LogP contribution in [-0.2, 0) is 13.0 Å². The van der Waals surface area contributed by atoms with Gasteiger partial charge in [0.25, 0.3) is 0 Å². The Morgan fingerprint density at radius 1 is 1.37 bits per heavy atom. The maximum absolute atomic E-state index is 6.08. The molecule has 0 spiro atoms. The van der Waals surface area contributed by atoms with Crippen LogP contribution in [0.2, 0.25) is 5.02 Å². The normalized spacial score (nSPS) is 11.3. The monoisotopic (exact) mass is 308 g/mol. The van der Waals surface area contributed by atoms with Gasteiger partial charge in [-0.05, 0) is 53.8 Å². The van der Waals surface area contributed by atoms with Crippen LogP contribution in [0.4, 0.5) is 0 Å². The highest BCUT2D eigenvalue weighted by Gasteiger charge is 2.09. The molecule has 5 heteroatoms. The Morgan fingerprint density at radius 3 is 3.00 bits per heavy atom. The zero-order valence-corrected chi connectivity index (χ0v) is 12.8. The van der Waals surface area contributed by atoms with E-state index in [9.17, 15) is 0 Å². The van der Waals surface area contributed by atoms with Crippen LogP contribution in [0.25, 0.3) is 11.0 Å². The average Bonchev–Trinajstić information content (AvgIpc) is 2.96. The van der Waals surface area contributed by atoms with E-state index in [1.165, 1.54) is 10.4 Å². The standard InChI is InChI=1S/C14H13ClN2S2/c1-2-9-5-6-19-13(9)8-17-12-7-10(15)3-4-11(12)16-14(17)18/h3-7H,2,8H2,1H3,(H,16,18). The van der Waals surface area contributed by atoms with E-state index in [1.54, 1.807) is 11.3 Å². The number of rotatable bonds is 3. The van der Waals surface area contributed by atoms with Gasteiger partial charge >= 0.3 is 0 Å². The molecule has 0 aliphatic carbocycles. The number of benzene rings is 1. The number of aromatic amines is 1. The summed E-state index contributed by atoms with van der Waals surface area (Å²) in [6.07, 6.45) is 1.05. The number of aromatic nitrogens is 2. The molecule has 0 saturated heterocycles. The van der Waals surface area contributed by atoms with Gasteiger partial charge < -0.3 is 9.55 Å². The van der Waals surface area contributed by atoms with Gasteiger partial charge in [-0.2, -0.15) is 0 Å². The maximum atomic E-state index is 6.08. The summed E-state index contributed by atoms with van der Waals surface area (Å²) in [6.45, 7) is 2.98. The number of imidazole rings is 1. The molecule has 0 amide bonds. The number of hydrogen-bond donors (Lipinski definition) is 1. The van der Waals surface area contributed by atoms with Crippen LogP contribution in [0.3, 0.4) is 0 Å². The lowest BCUT2D eigenvalue weighted by Gasteiger charge is -2.05. The Bertz CT molecular complexity index is 782. The molecule has 3 aromatic rings. The Labute approximate surface area is 125 Å². The van der Waals surface area contributed by atoms with Crippen molar-refractivity contribution in [2.75, 3.05) is 0 Å². The van der Waals surface area contributed by atoms with E-state index in [2.05, 4.69) is 27.9 Å². The lowest BCUT2D eigenvalue weighted by Crippen LogP contribution is -1.99. The summed E-state index contributed by atoms with van der Waals surface area (Å²) < 4.78 is 2.86. The van der Waals surface area contributed by atoms with Crippen molar-refractivity contribution in [2.45, 2.75) is 19.9 Å². The van der Waals surface area contributed by atoms with Gasteiger partial charge in [-0.25, -0.2) is 0 Å². The molecule has 1 N–H and O–H groups in total. The number of fused-ring (bicyclic) bond motifs is 1. The number of hydrogen-bond acceptors (Lipinski definition) is 2. The van der Waals surface area contributed by atoms with E-state index in [0.29, 0.717) is 0 Å². The predicted molar refractivity (Wildman–Crippen MR) is 84.9 cm³/mol. The van der Waals surface area contributed by atoms with Gasteiger partial charge in [-0.3, -0.25) is 0 Å². The fourth-order valence-corrected chi connectivity index (χ4v) is 3.65. The first-order valence-electron chi connectivity index (χ1n) is 6.12. The van der Waals surface area contributed by atoms with E-state index in [0.717, 1.165) is 33.8 Å². The van der Waals surface area contributed by atoms with Crippen LogP contribution in [-0.4, -0.2) is 9.55 Å². The molecular formula is C14H13ClN2S2. The smallest absolute Gasteiger partial charge is 0.178 e. The second-order valence-electron chi connectivity index (χ2n) is 4.40. The van der Waals surface area contributed by atoms with Crippen molar-refractivity contribution in [3.8, 4) is 0 Å². The Morgan fingerprint density at radius 2 is 2.21 bits per heavy atom. The van der Waals surface area contributed by atoms with E-state index in [1.807, 2.05) is 18.2 Å². The summed E-state index contributed by atoms with van der Waals surface area (Å²) in [5.41, 5.74) is 3.49. The number of aryl methyl sites for hydroxylation is 1. The van der Waals surface area contributed by atoms with Crippen molar-refractivity contribution in [2.24, 2.45) is 0 Å². The summed E-state index contributed by atoms with van der Waals surface area (Å²) >= 11 is 13.3. The first-order chi connectivity index (χ1) is 9.19. The lowest BCUT2D eigenvalue weighted by atomic mass is 10.2. The zero-order valence-electron chi connectivity index (χ0n) is 10.4. The van der Waals surface area contributed by atoms with E-state index >= 15 is 0 Å². The minimum absolute atomic E-state index is 0.733. The molecule has 2 heterocycles. The third-order valence-electron chi connectivity index (χ3n) is 3.26. The molecule has 0 aliphatic rings. The van der Waals surface area contributed by atoms with Crippen LogP contribution in [0.5, 0.6) is 0 Å². The molecule has 0 radical (unpaired) electrons. The molecule has 19 heavy (non-hydrogen) atoms. The number of halogens is 1. The summed E-state index contributed by atoms with van der Waals surface area (Å²) in [5, 5.41) is 2.87. The van der Waals surface area contributed by atoms with Gasteiger partial charge in [0.2, 0.25) is 0 Å². The molecule has 0 fully saturated rings. The van der Waals surface area contributed by atoms with E-state index < -0.39 is 0 Å². The minimum Gasteiger partial charge on any atom is -0.331 e. The van der Waals surface area contributed by atoms with Gasteiger partial charge in [0.05, 0.1) is 17.6 Å². The fourth-order valence-electron chi connectivity index (χ4n) is 2.25. The van der Waals surface area contributed by atoms with Gasteiger partial charge in [0.15, 0.2) is 4.77 Å². The van der Waals surface area contributed by atoms with Gasteiger partial charge in [0, 0.05) is 9.90 Å². The van der Waals surface area contributed by atoms with Crippen molar-refractivity contribution >= 4 is 46.2 Å². The highest BCUT2D eigenvalue weighted by Crippen LogP contribution is 2.23. The van der Waals surface area contributed by atoms with E-state index in [-0.39, 0.29) is 0 Å². The van der Waals surface area contributed by atoms with Crippen LogP contribution in [0.1, 0.15) is 17.4 Å². The van der Waals surface area contributed by atoms with Crippen LogP contribution in [0, 0.1) is 4.77 Å². The lowest BCUT2D eigenvalue weighted by molar-refractivity contribution is 0.814. The Kier molecular flexibility index (Phi) is 3.48. The largest absolute Gasteiger partial charge is 0.331 e. The topological polar surface area (TPSA) is 20.7 Å². The van der Waals surface area contributed by atoms with Gasteiger partial charge in [0.1, 0.15) is 0 Å². The maximum Gasteiger partial charge on any atom is 0.178 e. The van der Waals surface area contributed by atoms with Crippen molar-refractivity contribution in [1.29, 1.82) is 0 Å². The molecule has 0 unspecified atom stereocenters. The first kappa shape index (κ1) is 12.9. The molecule has 3 rings (SSSR count). The minimum atomic E-state index is 0.733. The van der Waals surface area contributed by atoms with Crippen molar-refractivity contribution in [1.82, 2.24) is 9.55 Å². The third kappa shape index (κ3) is 2.36. The number of nitrogens with one attached hydrogen (secondary N) is 1. The fraction of sp³-hybridized carbons (Fsp3) is 0.214. The number of thiophene rings is 1. The highest BCUT2D eigenvalue weighted by atomic mass is 35.5. The van der Waals surface area contributed by atoms with E-state index in [4.69, 9.17) is 23.8 Å². The van der Waals surface area contributed by atoms with Crippen molar-refractivity contribution in [3.05, 3.63) is 49.9 Å². The third-order valence-corrected chi connectivity index (χ3v) is 4.76. The Balaban J connectivity index is 2.12. The molecule has 0 saturated carbocycles. The molecule has 0 aliphatic heterocycles. The zero-order chi connectivity index (χ0) is 13.4. The second kappa shape index (κ2) is 5.12. The number of H-pyrrole nitrogens is 1. The van der Waals surface area contributed by atoms with Crippen molar-refractivity contribution < 1.29 is 0 Å². The van der Waals surface area contributed by atoms with Crippen LogP contribution in [0.15, 0.2) is 29.6 Å². The molecule has 1 aromatic carbocycles.